The number of hydrogen-bond acceptors (Lipinski definition) is 5. The van der Waals surface area contributed by atoms with Crippen LogP contribution >= 0.6 is 11.3 Å². The van der Waals surface area contributed by atoms with Crippen LogP contribution in [0.25, 0.3) is 0 Å². The summed E-state index contributed by atoms with van der Waals surface area (Å²) in [7, 11) is 0. The average Bonchev–Trinajstić information content (AvgIpc) is 2.70. The minimum Gasteiger partial charge on any atom is -0.368 e. The molecule has 2 rings (SSSR count). The van der Waals surface area contributed by atoms with E-state index in [4.69, 9.17) is 0 Å². The third-order valence-electron chi connectivity index (χ3n) is 2.50. The van der Waals surface area contributed by atoms with Crippen molar-refractivity contribution in [2.75, 3.05) is 11.9 Å². The van der Waals surface area contributed by atoms with Gasteiger partial charge < -0.3 is 5.32 Å². The van der Waals surface area contributed by atoms with E-state index in [-0.39, 0.29) is 0 Å². The molecular formula is C12H16N4S. The third-order valence-corrected chi connectivity index (χ3v) is 3.53. The molecule has 0 amide bonds. The summed E-state index contributed by atoms with van der Waals surface area (Å²) in [5, 5.41) is 6.50. The Bertz CT molecular complexity index is 507. The first-order valence-corrected chi connectivity index (χ1v) is 6.48. The van der Waals surface area contributed by atoms with Gasteiger partial charge in [0.25, 0.3) is 0 Å². The third kappa shape index (κ3) is 3.23. The molecule has 0 saturated heterocycles. The van der Waals surface area contributed by atoms with E-state index in [9.17, 15) is 0 Å². The van der Waals surface area contributed by atoms with Gasteiger partial charge >= 0.3 is 0 Å². The molecule has 2 aromatic heterocycles. The van der Waals surface area contributed by atoms with Gasteiger partial charge in [-0.2, -0.15) is 0 Å². The lowest BCUT2D eigenvalue weighted by Crippen LogP contribution is -2.07. The molecule has 0 aliphatic heterocycles. The maximum Gasteiger partial charge on any atom is 0.144 e. The number of anilines is 1. The quantitative estimate of drug-likeness (QED) is 0.903. The van der Waals surface area contributed by atoms with E-state index in [1.807, 2.05) is 20.8 Å². The van der Waals surface area contributed by atoms with Gasteiger partial charge in [-0.05, 0) is 20.8 Å². The molecule has 0 atom stereocenters. The van der Waals surface area contributed by atoms with Crippen molar-refractivity contribution < 1.29 is 0 Å². The van der Waals surface area contributed by atoms with Gasteiger partial charge in [0, 0.05) is 24.0 Å². The second kappa shape index (κ2) is 5.23. The summed E-state index contributed by atoms with van der Waals surface area (Å²) >= 11 is 1.70. The molecule has 0 spiro atoms. The monoisotopic (exact) mass is 248 g/mol. The van der Waals surface area contributed by atoms with Crippen molar-refractivity contribution in [3.63, 3.8) is 0 Å². The van der Waals surface area contributed by atoms with Crippen LogP contribution in [0.2, 0.25) is 0 Å². The lowest BCUT2D eigenvalue weighted by atomic mass is 10.3. The Hall–Kier alpha value is -1.49. The van der Waals surface area contributed by atoms with E-state index in [2.05, 4.69) is 25.6 Å². The summed E-state index contributed by atoms with van der Waals surface area (Å²) < 4.78 is 0. The fraction of sp³-hybridized carbons (Fsp3) is 0.417. The van der Waals surface area contributed by atoms with Crippen LogP contribution in [0.3, 0.4) is 0 Å². The SMILES string of the molecule is Cc1csc(CCNc2cnc(C)c(C)n2)n1. The molecule has 0 unspecified atom stereocenters. The summed E-state index contributed by atoms with van der Waals surface area (Å²) in [6.45, 7) is 6.79. The Balaban J connectivity index is 1.87. The Labute approximate surface area is 105 Å². The van der Waals surface area contributed by atoms with E-state index >= 15 is 0 Å². The molecule has 17 heavy (non-hydrogen) atoms. The van der Waals surface area contributed by atoms with Crippen molar-refractivity contribution in [2.45, 2.75) is 27.2 Å². The second-order valence-corrected chi connectivity index (χ2v) is 4.93. The molecule has 4 nitrogen and oxygen atoms in total. The van der Waals surface area contributed by atoms with Crippen LogP contribution in [0, 0.1) is 20.8 Å². The zero-order valence-electron chi connectivity index (χ0n) is 10.3. The van der Waals surface area contributed by atoms with Gasteiger partial charge in [-0.3, -0.25) is 4.98 Å². The fourth-order valence-corrected chi connectivity index (χ4v) is 2.22. The van der Waals surface area contributed by atoms with E-state index in [1.165, 1.54) is 0 Å². The van der Waals surface area contributed by atoms with Gasteiger partial charge in [0.05, 0.1) is 22.6 Å². The van der Waals surface area contributed by atoms with E-state index in [0.29, 0.717) is 0 Å². The van der Waals surface area contributed by atoms with Gasteiger partial charge in [-0.1, -0.05) is 0 Å². The van der Waals surface area contributed by atoms with Crippen LogP contribution in [0.5, 0.6) is 0 Å². The number of thiazole rings is 1. The zero-order chi connectivity index (χ0) is 12.3. The summed E-state index contributed by atoms with van der Waals surface area (Å²) in [5.74, 6) is 0.835. The minimum absolute atomic E-state index is 0.835. The molecule has 0 aliphatic carbocycles. The van der Waals surface area contributed by atoms with Crippen LogP contribution in [-0.2, 0) is 6.42 Å². The van der Waals surface area contributed by atoms with E-state index in [1.54, 1.807) is 17.5 Å². The number of hydrogen-bond donors (Lipinski definition) is 1. The van der Waals surface area contributed by atoms with Crippen LogP contribution in [0.1, 0.15) is 22.1 Å². The van der Waals surface area contributed by atoms with E-state index < -0.39 is 0 Å². The van der Waals surface area contributed by atoms with Crippen molar-refractivity contribution in [3.05, 3.63) is 33.7 Å². The van der Waals surface area contributed by atoms with Gasteiger partial charge in [-0.15, -0.1) is 11.3 Å². The van der Waals surface area contributed by atoms with Crippen LogP contribution in [-0.4, -0.2) is 21.5 Å². The number of aryl methyl sites for hydroxylation is 3. The van der Waals surface area contributed by atoms with Gasteiger partial charge in [0.1, 0.15) is 5.82 Å². The molecule has 0 aromatic carbocycles. The Kier molecular flexibility index (Phi) is 3.68. The standard InChI is InChI=1S/C12H16N4S/c1-8-7-17-12(15-8)4-5-13-11-6-14-9(2)10(3)16-11/h6-7H,4-5H2,1-3H3,(H,13,16). The predicted molar refractivity (Wildman–Crippen MR) is 70.6 cm³/mol. The maximum absolute atomic E-state index is 4.42. The maximum atomic E-state index is 4.42. The molecule has 1 N–H and O–H groups in total. The smallest absolute Gasteiger partial charge is 0.144 e. The lowest BCUT2D eigenvalue weighted by Gasteiger charge is -2.05. The largest absolute Gasteiger partial charge is 0.368 e. The minimum atomic E-state index is 0.835. The number of aromatic nitrogens is 3. The van der Waals surface area contributed by atoms with Crippen molar-refractivity contribution >= 4 is 17.2 Å². The Morgan fingerprint density at radius 2 is 2.00 bits per heavy atom. The molecule has 0 bridgehead atoms. The number of rotatable bonds is 4. The Morgan fingerprint density at radius 1 is 1.18 bits per heavy atom. The first-order valence-electron chi connectivity index (χ1n) is 5.60. The van der Waals surface area contributed by atoms with Crippen LogP contribution in [0.15, 0.2) is 11.6 Å². The fourth-order valence-electron chi connectivity index (χ4n) is 1.44. The van der Waals surface area contributed by atoms with Crippen molar-refractivity contribution in [1.82, 2.24) is 15.0 Å². The highest BCUT2D eigenvalue weighted by Gasteiger charge is 2.01. The Morgan fingerprint density at radius 3 is 2.65 bits per heavy atom. The summed E-state index contributed by atoms with van der Waals surface area (Å²) in [5.41, 5.74) is 3.04. The normalized spacial score (nSPS) is 10.5. The average molecular weight is 248 g/mol. The second-order valence-electron chi connectivity index (χ2n) is 3.99. The molecule has 0 fully saturated rings. The molecule has 2 aromatic rings. The first-order chi connectivity index (χ1) is 8.15. The van der Waals surface area contributed by atoms with Gasteiger partial charge in [0.15, 0.2) is 0 Å². The first kappa shape index (κ1) is 12.0. The number of nitrogens with one attached hydrogen (secondary N) is 1. The van der Waals surface area contributed by atoms with Crippen LogP contribution in [0.4, 0.5) is 5.82 Å². The molecule has 2 heterocycles. The van der Waals surface area contributed by atoms with E-state index in [0.717, 1.165) is 40.9 Å². The van der Waals surface area contributed by atoms with Crippen molar-refractivity contribution in [1.29, 1.82) is 0 Å². The highest BCUT2D eigenvalue weighted by Crippen LogP contribution is 2.10. The molecule has 0 saturated carbocycles. The van der Waals surface area contributed by atoms with Crippen LogP contribution < -0.4 is 5.32 Å². The molecule has 90 valence electrons. The molecule has 0 radical (unpaired) electrons. The summed E-state index contributed by atoms with van der Waals surface area (Å²) in [6.07, 6.45) is 2.70. The molecule has 0 aliphatic rings. The van der Waals surface area contributed by atoms with Crippen molar-refractivity contribution in [3.8, 4) is 0 Å². The summed E-state index contributed by atoms with van der Waals surface area (Å²) in [6, 6.07) is 0. The number of nitrogens with zero attached hydrogens (tertiary/aromatic N) is 3. The zero-order valence-corrected chi connectivity index (χ0v) is 11.1. The molecular weight excluding hydrogens is 232 g/mol. The molecule has 5 heteroatoms. The van der Waals surface area contributed by atoms with Crippen molar-refractivity contribution in [2.24, 2.45) is 0 Å². The van der Waals surface area contributed by atoms with Gasteiger partial charge in [0.2, 0.25) is 0 Å². The predicted octanol–water partition coefficient (Wildman–Crippen LogP) is 2.51. The summed E-state index contributed by atoms with van der Waals surface area (Å²) in [4.78, 5) is 13.1. The van der Waals surface area contributed by atoms with Gasteiger partial charge in [-0.25, -0.2) is 9.97 Å². The lowest BCUT2D eigenvalue weighted by molar-refractivity contribution is 0.960. The topological polar surface area (TPSA) is 50.7 Å². The highest BCUT2D eigenvalue weighted by atomic mass is 32.1. The highest BCUT2D eigenvalue weighted by molar-refractivity contribution is 7.09.